The molecule has 0 unspecified atom stereocenters. The summed E-state index contributed by atoms with van der Waals surface area (Å²) >= 11 is 3.31. The Bertz CT molecular complexity index is 1560. The Balaban J connectivity index is 1.23. The Morgan fingerprint density at radius 1 is 0.833 bits per heavy atom. The molecule has 3 aromatic carbocycles. The summed E-state index contributed by atoms with van der Waals surface area (Å²) in [6.45, 7) is 0.844. The van der Waals surface area contributed by atoms with Crippen LogP contribution in [-0.2, 0) is 19.6 Å². The molecule has 11 heteroatoms. The van der Waals surface area contributed by atoms with Crippen molar-refractivity contribution in [3.63, 3.8) is 0 Å². The van der Waals surface area contributed by atoms with Crippen LogP contribution in [0.1, 0.15) is 11.1 Å². The van der Waals surface area contributed by atoms with Crippen LogP contribution < -0.4 is 14.2 Å². The number of hydrogen-bond acceptors (Lipinski definition) is 7. The first-order valence-electron chi connectivity index (χ1n) is 13.1. The molecule has 1 aliphatic rings. The van der Waals surface area contributed by atoms with Crippen molar-refractivity contribution in [2.75, 3.05) is 47.0 Å². The summed E-state index contributed by atoms with van der Waals surface area (Å²) in [4.78, 5) is 26.8. The van der Waals surface area contributed by atoms with E-state index in [4.69, 9.17) is 14.2 Å². The smallest absolute Gasteiger partial charge is 0.260 e. The third kappa shape index (κ3) is 8.09. The number of ketones is 1. The Kier molecular flexibility index (Phi) is 10.6. The molecule has 0 saturated carbocycles. The summed E-state index contributed by atoms with van der Waals surface area (Å²) in [5.41, 5.74) is 1.55. The van der Waals surface area contributed by atoms with Gasteiger partial charge in [-0.2, -0.15) is 4.31 Å². The lowest BCUT2D eigenvalue weighted by Gasteiger charge is -2.34. The van der Waals surface area contributed by atoms with Gasteiger partial charge in [0.05, 0.1) is 19.1 Å². The number of carbonyl (C=O) groups excluding carboxylic acids is 2. The Morgan fingerprint density at radius 2 is 1.48 bits per heavy atom. The van der Waals surface area contributed by atoms with Gasteiger partial charge >= 0.3 is 0 Å². The van der Waals surface area contributed by atoms with Crippen LogP contribution in [0.4, 0.5) is 0 Å². The Hall–Kier alpha value is -3.93. The molecule has 0 aliphatic carbocycles. The van der Waals surface area contributed by atoms with Gasteiger partial charge in [-0.05, 0) is 72.3 Å². The van der Waals surface area contributed by atoms with Crippen molar-refractivity contribution in [2.24, 2.45) is 0 Å². The fourth-order valence-electron chi connectivity index (χ4n) is 4.21. The van der Waals surface area contributed by atoms with Crippen LogP contribution in [0.25, 0.3) is 12.2 Å². The van der Waals surface area contributed by atoms with Gasteiger partial charge in [-0.1, -0.05) is 34.1 Å². The molecular weight excluding hydrogens is 624 g/mol. The van der Waals surface area contributed by atoms with E-state index >= 15 is 0 Å². The van der Waals surface area contributed by atoms with Gasteiger partial charge in [0.15, 0.2) is 12.4 Å². The van der Waals surface area contributed by atoms with E-state index in [9.17, 15) is 18.0 Å². The van der Waals surface area contributed by atoms with Crippen LogP contribution >= 0.6 is 15.9 Å². The fraction of sp³-hybridized carbons (Fsp3) is 0.226. The lowest BCUT2D eigenvalue weighted by atomic mass is 10.1. The third-order valence-electron chi connectivity index (χ3n) is 6.59. The van der Waals surface area contributed by atoms with E-state index in [2.05, 4.69) is 15.9 Å². The van der Waals surface area contributed by atoms with Crippen LogP contribution in [-0.4, -0.2) is 76.3 Å². The topological polar surface area (TPSA) is 102 Å². The standard InChI is InChI=1S/C31H31BrN2O7S/c1-39-28-14-7-24(30(21-28)40-2)6-11-26(35)10-3-23-4-12-27(13-5-23)41-22-31(36)33-17-19-34(20-18-33)42(37,38)29-15-8-25(32)9-16-29/h3-16,21H,17-20,22H2,1-2H3. The second-order valence-electron chi connectivity index (χ2n) is 9.27. The number of halogens is 1. The Labute approximate surface area is 254 Å². The predicted octanol–water partition coefficient (Wildman–Crippen LogP) is 4.67. The normalized spacial score (nSPS) is 14.3. The molecule has 9 nitrogen and oxygen atoms in total. The highest BCUT2D eigenvalue weighted by Crippen LogP contribution is 2.26. The minimum Gasteiger partial charge on any atom is -0.497 e. The average molecular weight is 656 g/mol. The van der Waals surface area contributed by atoms with Gasteiger partial charge < -0.3 is 19.1 Å². The lowest BCUT2D eigenvalue weighted by molar-refractivity contribution is -0.134. The van der Waals surface area contributed by atoms with Gasteiger partial charge in [-0.3, -0.25) is 9.59 Å². The second kappa shape index (κ2) is 14.3. The molecule has 220 valence electrons. The maximum absolute atomic E-state index is 12.9. The third-order valence-corrected chi connectivity index (χ3v) is 9.03. The van der Waals surface area contributed by atoms with Crippen LogP contribution in [0.5, 0.6) is 17.2 Å². The van der Waals surface area contributed by atoms with Crippen LogP contribution in [0.2, 0.25) is 0 Å². The second-order valence-corrected chi connectivity index (χ2v) is 12.1. The molecule has 0 radical (unpaired) electrons. The maximum Gasteiger partial charge on any atom is 0.260 e. The van der Waals surface area contributed by atoms with Crippen molar-refractivity contribution in [2.45, 2.75) is 4.90 Å². The molecule has 0 bridgehead atoms. The van der Waals surface area contributed by atoms with E-state index in [-0.39, 0.29) is 49.4 Å². The molecular formula is C31H31BrN2O7S. The van der Waals surface area contributed by atoms with Crippen molar-refractivity contribution in [3.05, 3.63) is 94.5 Å². The predicted molar refractivity (Wildman–Crippen MR) is 164 cm³/mol. The zero-order chi connectivity index (χ0) is 30.1. The molecule has 0 atom stereocenters. The van der Waals surface area contributed by atoms with E-state index in [0.29, 0.717) is 17.2 Å². The summed E-state index contributed by atoms with van der Waals surface area (Å²) in [7, 11) is -0.487. The van der Waals surface area contributed by atoms with E-state index in [1.165, 1.54) is 16.5 Å². The molecule has 0 aromatic heterocycles. The van der Waals surface area contributed by atoms with Gasteiger partial charge in [-0.15, -0.1) is 0 Å². The highest BCUT2D eigenvalue weighted by atomic mass is 79.9. The number of rotatable bonds is 11. The number of allylic oxidation sites excluding steroid dienone is 2. The number of benzene rings is 3. The highest BCUT2D eigenvalue weighted by Gasteiger charge is 2.30. The lowest BCUT2D eigenvalue weighted by Crippen LogP contribution is -2.51. The quantitative estimate of drug-likeness (QED) is 0.277. The number of nitrogens with zero attached hydrogens (tertiary/aromatic N) is 2. The molecule has 42 heavy (non-hydrogen) atoms. The number of piperazine rings is 1. The first-order chi connectivity index (χ1) is 20.2. The minimum atomic E-state index is -3.62. The first kappa shape index (κ1) is 31.0. The zero-order valence-corrected chi connectivity index (χ0v) is 25.6. The largest absolute Gasteiger partial charge is 0.497 e. The van der Waals surface area contributed by atoms with Gasteiger partial charge in [-0.25, -0.2) is 8.42 Å². The van der Waals surface area contributed by atoms with E-state index in [1.54, 1.807) is 91.9 Å². The van der Waals surface area contributed by atoms with Gasteiger partial charge in [0, 0.05) is 42.3 Å². The van der Waals surface area contributed by atoms with E-state index in [0.717, 1.165) is 15.6 Å². The van der Waals surface area contributed by atoms with Gasteiger partial charge in [0.2, 0.25) is 10.0 Å². The summed E-state index contributed by atoms with van der Waals surface area (Å²) in [5, 5.41) is 0. The van der Waals surface area contributed by atoms with Crippen molar-refractivity contribution in [3.8, 4) is 17.2 Å². The first-order valence-corrected chi connectivity index (χ1v) is 15.3. The number of sulfonamides is 1. The van der Waals surface area contributed by atoms with Crippen molar-refractivity contribution < 1.29 is 32.2 Å². The number of ether oxygens (including phenoxy) is 3. The number of carbonyl (C=O) groups is 2. The molecule has 1 aliphatic heterocycles. The van der Waals surface area contributed by atoms with Crippen molar-refractivity contribution in [1.29, 1.82) is 0 Å². The Morgan fingerprint density at radius 3 is 2.12 bits per heavy atom. The van der Waals surface area contributed by atoms with Crippen LogP contribution in [0.3, 0.4) is 0 Å². The molecule has 0 N–H and O–H groups in total. The van der Waals surface area contributed by atoms with Crippen molar-refractivity contribution >= 4 is 49.8 Å². The summed E-state index contributed by atoms with van der Waals surface area (Å²) < 4.78 is 44.1. The van der Waals surface area contributed by atoms with Crippen LogP contribution in [0.15, 0.2) is 88.3 Å². The molecule has 3 aromatic rings. The number of hydrogen-bond donors (Lipinski definition) is 0. The van der Waals surface area contributed by atoms with Gasteiger partial charge in [0.1, 0.15) is 17.2 Å². The molecule has 1 saturated heterocycles. The fourth-order valence-corrected chi connectivity index (χ4v) is 5.89. The molecule has 1 fully saturated rings. The summed E-state index contributed by atoms with van der Waals surface area (Å²) in [6.07, 6.45) is 6.29. The van der Waals surface area contributed by atoms with Crippen molar-refractivity contribution in [1.82, 2.24) is 9.21 Å². The van der Waals surface area contributed by atoms with E-state index < -0.39 is 10.0 Å². The number of amides is 1. The zero-order valence-electron chi connectivity index (χ0n) is 23.2. The SMILES string of the molecule is COc1ccc(C=CC(=O)C=Cc2ccc(OCC(=O)N3CCN(S(=O)(=O)c4ccc(Br)cc4)CC3)cc2)c(OC)c1. The molecule has 1 amide bonds. The minimum absolute atomic E-state index is 0.160. The number of methoxy groups -OCH3 is 2. The van der Waals surface area contributed by atoms with Gasteiger partial charge in [0.25, 0.3) is 5.91 Å². The summed E-state index contributed by atoms with van der Waals surface area (Å²) in [5.74, 6) is 1.36. The maximum atomic E-state index is 12.9. The molecule has 4 rings (SSSR count). The van der Waals surface area contributed by atoms with E-state index in [1.807, 2.05) is 6.07 Å². The average Bonchev–Trinajstić information content (AvgIpc) is 3.02. The molecule has 1 heterocycles. The molecule has 0 spiro atoms. The van der Waals surface area contributed by atoms with Crippen LogP contribution in [0, 0.1) is 0 Å². The monoisotopic (exact) mass is 654 g/mol. The highest BCUT2D eigenvalue weighted by molar-refractivity contribution is 9.10. The summed E-state index contributed by atoms with van der Waals surface area (Å²) in [6, 6.07) is 18.8.